The second-order valence-electron chi connectivity index (χ2n) is 5.56. The van der Waals surface area contributed by atoms with Crippen LogP contribution in [0.25, 0.3) is 0 Å². The predicted octanol–water partition coefficient (Wildman–Crippen LogP) is 2.82. The molecule has 1 saturated carbocycles. The minimum atomic E-state index is 0.183. The van der Waals surface area contributed by atoms with E-state index in [0.29, 0.717) is 12.0 Å². The lowest BCUT2D eigenvalue weighted by molar-refractivity contribution is 0.284. The molecule has 1 aliphatic rings. The van der Waals surface area contributed by atoms with Gasteiger partial charge in [-0.2, -0.15) is 0 Å². The molecule has 0 heterocycles. The minimum Gasteiger partial charge on any atom is -0.328 e. The number of aryl methyl sites for hydroxylation is 2. The highest BCUT2D eigenvalue weighted by Gasteiger charge is 2.25. The summed E-state index contributed by atoms with van der Waals surface area (Å²) in [5, 5.41) is 0. The Labute approximate surface area is 104 Å². The van der Waals surface area contributed by atoms with Gasteiger partial charge >= 0.3 is 0 Å². The molecule has 4 N–H and O–H groups in total. The zero-order valence-electron chi connectivity index (χ0n) is 10.9. The zero-order chi connectivity index (χ0) is 12.4. The van der Waals surface area contributed by atoms with E-state index in [1.165, 1.54) is 29.5 Å². The van der Waals surface area contributed by atoms with Gasteiger partial charge in [0.05, 0.1) is 0 Å². The summed E-state index contributed by atoms with van der Waals surface area (Å²) in [7, 11) is 0. The molecule has 1 aliphatic carbocycles. The first-order valence-electron chi connectivity index (χ1n) is 6.66. The van der Waals surface area contributed by atoms with E-state index in [4.69, 9.17) is 11.5 Å². The van der Waals surface area contributed by atoms with Crippen molar-refractivity contribution in [3.8, 4) is 0 Å². The average Bonchev–Trinajstić information content (AvgIpc) is 2.32. The molecule has 0 aromatic heterocycles. The topological polar surface area (TPSA) is 52.0 Å². The minimum absolute atomic E-state index is 0.183. The van der Waals surface area contributed by atoms with Gasteiger partial charge in [-0.3, -0.25) is 0 Å². The van der Waals surface area contributed by atoms with E-state index in [2.05, 4.69) is 32.0 Å². The van der Waals surface area contributed by atoms with Crippen LogP contribution < -0.4 is 11.5 Å². The van der Waals surface area contributed by atoms with E-state index in [-0.39, 0.29) is 6.04 Å². The lowest BCUT2D eigenvalue weighted by atomic mass is 9.79. The molecule has 0 radical (unpaired) electrons. The normalized spacial score (nSPS) is 26.8. The molecular formula is C15H24N2. The van der Waals surface area contributed by atoms with Gasteiger partial charge in [-0.25, -0.2) is 0 Å². The molecule has 1 fully saturated rings. The fourth-order valence-electron chi connectivity index (χ4n) is 2.88. The van der Waals surface area contributed by atoms with Crippen LogP contribution in [0, 0.1) is 19.8 Å². The first-order chi connectivity index (χ1) is 8.08. The number of benzene rings is 1. The van der Waals surface area contributed by atoms with Crippen molar-refractivity contribution in [1.29, 1.82) is 0 Å². The number of hydrogen-bond acceptors (Lipinski definition) is 2. The number of nitrogens with two attached hydrogens (primary N) is 2. The van der Waals surface area contributed by atoms with E-state index in [1.807, 2.05) is 0 Å². The summed E-state index contributed by atoms with van der Waals surface area (Å²) in [5.41, 5.74) is 16.3. The van der Waals surface area contributed by atoms with Crippen LogP contribution in [0.1, 0.15) is 48.4 Å². The fraction of sp³-hybridized carbons (Fsp3) is 0.600. The van der Waals surface area contributed by atoms with Crippen molar-refractivity contribution in [2.24, 2.45) is 17.4 Å². The predicted molar refractivity (Wildman–Crippen MR) is 72.8 cm³/mol. The van der Waals surface area contributed by atoms with Crippen LogP contribution in [0.4, 0.5) is 0 Å². The first kappa shape index (κ1) is 12.6. The Kier molecular flexibility index (Phi) is 3.85. The van der Waals surface area contributed by atoms with E-state index in [1.54, 1.807) is 0 Å². The van der Waals surface area contributed by atoms with E-state index in [0.717, 1.165) is 12.8 Å². The van der Waals surface area contributed by atoms with Gasteiger partial charge in [0.25, 0.3) is 0 Å². The molecule has 1 unspecified atom stereocenters. The Morgan fingerprint density at radius 2 is 1.76 bits per heavy atom. The van der Waals surface area contributed by atoms with Gasteiger partial charge in [0.1, 0.15) is 0 Å². The maximum Gasteiger partial charge on any atom is 0.0326 e. The highest BCUT2D eigenvalue weighted by atomic mass is 14.7. The lowest BCUT2D eigenvalue weighted by Crippen LogP contribution is -2.32. The van der Waals surface area contributed by atoms with Crippen molar-refractivity contribution < 1.29 is 0 Å². The summed E-state index contributed by atoms with van der Waals surface area (Å²) in [6.07, 6.45) is 4.61. The van der Waals surface area contributed by atoms with Crippen molar-refractivity contribution in [2.75, 3.05) is 0 Å². The molecule has 1 atom stereocenters. The Balaban J connectivity index is 2.13. The Morgan fingerprint density at radius 1 is 1.12 bits per heavy atom. The van der Waals surface area contributed by atoms with Crippen molar-refractivity contribution in [3.63, 3.8) is 0 Å². The Hall–Kier alpha value is -0.860. The third-order valence-electron chi connectivity index (χ3n) is 4.12. The zero-order valence-corrected chi connectivity index (χ0v) is 10.9. The molecule has 1 aromatic carbocycles. The van der Waals surface area contributed by atoms with Crippen molar-refractivity contribution in [3.05, 3.63) is 34.9 Å². The van der Waals surface area contributed by atoms with Gasteiger partial charge in [0, 0.05) is 12.1 Å². The van der Waals surface area contributed by atoms with Gasteiger partial charge in [-0.15, -0.1) is 0 Å². The van der Waals surface area contributed by atoms with Crippen LogP contribution >= 0.6 is 0 Å². The SMILES string of the molecule is Cc1ccc(C)c(C(N)C2CCC(N)CC2)c1. The van der Waals surface area contributed by atoms with Gasteiger partial charge in [-0.1, -0.05) is 23.8 Å². The smallest absolute Gasteiger partial charge is 0.0326 e. The molecule has 1 aromatic rings. The Bertz CT molecular complexity index is 379. The summed E-state index contributed by atoms with van der Waals surface area (Å²) in [4.78, 5) is 0. The van der Waals surface area contributed by atoms with Crippen LogP contribution in [-0.4, -0.2) is 6.04 Å². The molecule has 0 aliphatic heterocycles. The average molecular weight is 232 g/mol. The summed E-state index contributed by atoms with van der Waals surface area (Å²) in [6, 6.07) is 7.16. The molecule has 0 bridgehead atoms. The fourth-order valence-corrected chi connectivity index (χ4v) is 2.88. The lowest BCUT2D eigenvalue weighted by Gasteiger charge is -2.31. The summed E-state index contributed by atoms with van der Waals surface area (Å²) in [6.45, 7) is 4.29. The summed E-state index contributed by atoms with van der Waals surface area (Å²) < 4.78 is 0. The first-order valence-corrected chi connectivity index (χ1v) is 6.66. The largest absolute Gasteiger partial charge is 0.328 e. The summed E-state index contributed by atoms with van der Waals surface area (Å²) in [5.74, 6) is 0.607. The molecule has 17 heavy (non-hydrogen) atoms. The van der Waals surface area contributed by atoms with Crippen molar-refractivity contribution in [2.45, 2.75) is 51.6 Å². The molecule has 0 saturated heterocycles. The number of rotatable bonds is 2. The maximum absolute atomic E-state index is 6.44. The number of hydrogen-bond donors (Lipinski definition) is 2. The van der Waals surface area contributed by atoms with Crippen LogP contribution in [-0.2, 0) is 0 Å². The van der Waals surface area contributed by atoms with E-state index in [9.17, 15) is 0 Å². The van der Waals surface area contributed by atoms with Crippen LogP contribution in [0.2, 0.25) is 0 Å². The van der Waals surface area contributed by atoms with Gasteiger partial charge < -0.3 is 11.5 Å². The highest BCUT2D eigenvalue weighted by Crippen LogP contribution is 2.33. The van der Waals surface area contributed by atoms with Crippen LogP contribution in [0.15, 0.2) is 18.2 Å². The van der Waals surface area contributed by atoms with Crippen molar-refractivity contribution in [1.82, 2.24) is 0 Å². The van der Waals surface area contributed by atoms with E-state index < -0.39 is 0 Å². The second kappa shape index (κ2) is 5.19. The third-order valence-corrected chi connectivity index (χ3v) is 4.12. The Morgan fingerprint density at radius 3 is 2.41 bits per heavy atom. The van der Waals surface area contributed by atoms with Gasteiger partial charge in [0.15, 0.2) is 0 Å². The quantitative estimate of drug-likeness (QED) is 0.824. The van der Waals surface area contributed by atoms with Gasteiger partial charge in [-0.05, 0) is 56.6 Å². The maximum atomic E-state index is 6.44. The third kappa shape index (κ3) is 2.88. The molecule has 0 amide bonds. The van der Waals surface area contributed by atoms with Crippen LogP contribution in [0.3, 0.4) is 0 Å². The molecular weight excluding hydrogens is 208 g/mol. The van der Waals surface area contributed by atoms with Gasteiger partial charge in [0.2, 0.25) is 0 Å². The summed E-state index contributed by atoms with van der Waals surface area (Å²) >= 11 is 0. The molecule has 2 rings (SSSR count). The molecule has 94 valence electrons. The standard InChI is InChI=1S/C15H24N2/c1-10-3-4-11(2)14(9-10)15(17)12-5-7-13(16)8-6-12/h3-4,9,12-13,15H,5-8,16-17H2,1-2H3. The monoisotopic (exact) mass is 232 g/mol. The van der Waals surface area contributed by atoms with Crippen LogP contribution in [0.5, 0.6) is 0 Å². The molecule has 2 nitrogen and oxygen atoms in total. The van der Waals surface area contributed by atoms with E-state index >= 15 is 0 Å². The molecule has 2 heteroatoms. The highest BCUT2D eigenvalue weighted by molar-refractivity contribution is 5.33. The van der Waals surface area contributed by atoms with Crippen molar-refractivity contribution >= 4 is 0 Å². The second-order valence-corrected chi connectivity index (χ2v) is 5.56. The molecule has 0 spiro atoms.